The van der Waals surface area contributed by atoms with Gasteiger partial charge in [-0.25, -0.2) is 14.7 Å². The van der Waals surface area contributed by atoms with E-state index in [1.807, 2.05) is 13.0 Å². The molecule has 0 radical (unpaired) electrons. The molecule has 0 saturated carbocycles. The molecule has 2 aromatic carbocycles. The third-order valence-corrected chi connectivity index (χ3v) is 8.78. The largest absolute Gasteiger partial charge is 0.494 e. The number of nitrogens with zero attached hydrogens (tertiary/aromatic N) is 4. The standard InChI is InChI=1S/C32H23N5O6S2/c1-2-42-21-11-7-18(8-12-21)24(38)17-43-32(41)19-5-9-20(10-6-19)37-27(39)14-26(31(37)40)45-30-23(16-34)28(25-4-3-13-44-25)22(15-33)29(35)36-30/h3-13,26H,2,14,17H2,1H3,(H2,35,36). The van der Waals surface area contributed by atoms with Crippen LogP contribution in [0.1, 0.15) is 45.2 Å². The zero-order chi connectivity index (χ0) is 32.1. The number of ether oxygens (including phenoxy) is 2. The molecule has 2 amide bonds. The molecule has 2 aromatic heterocycles. The maximum atomic E-state index is 13.4. The first kappa shape index (κ1) is 30.9. The van der Waals surface area contributed by atoms with Crippen LogP contribution in [0.4, 0.5) is 11.5 Å². The molecule has 4 aromatic rings. The van der Waals surface area contributed by atoms with E-state index in [9.17, 15) is 29.7 Å². The first-order valence-electron chi connectivity index (χ1n) is 13.5. The third-order valence-electron chi connectivity index (χ3n) is 6.73. The van der Waals surface area contributed by atoms with Crippen LogP contribution >= 0.6 is 23.1 Å². The fraction of sp³-hybridized carbons (Fsp3) is 0.156. The molecule has 0 aliphatic carbocycles. The lowest BCUT2D eigenvalue weighted by Crippen LogP contribution is -2.31. The molecule has 2 N–H and O–H groups in total. The summed E-state index contributed by atoms with van der Waals surface area (Å²) >= 11 is 2.26. The Labute approximate surface area is 265 Å². The van der Waals surface area contributed by atoms with Gasteiger partial charge >= 0.3 is 5.97 Å². The van der Waals surface area contributed by atoms with E-state index < -0.39 is 29.6 Å². The predicted octanol–water partition coefficient (Wildman–Crippen LogP) is 5.00. The normalized spacial score (nSPS) is 14.1. The second kappa shape index (κ2) is 13.4. The first-order valence-corrected chi connectivity index (χ1v) is 15.3. The minimum absolute atomic E-state index is 0.0629. The monoisotopic (exact) mass is 637 g/mol. The van der Waals surface area contributed by atoms with E-state index in [1.165, 1.54) is 35.6 Å². The molecule has 1 saturated heterocycles. The molecule has 1 atom stereocenters. The Morgan fingerprint density at radius 2 is 1.73 bits per heavy atom. The molecule has 0 spiro atoms. The topological polar surface area (TPSA) is 176 Å². The molecule has 1 fully saturated rings. The Bertz CT molecular complexity index is 1880. The fourth-order valence-electron chi connectivity index (χ4n) is 4.60. The maximum Gasteiger partial charge on any atom is 0.338 e. The van der Waals surface area contributed by atoms with Crippen molar-refractivity contribution in [3.63, 3.8) is 0 Å². The summed E-state index contributed by atoms with van der Waals surface area (Å²) in [5.74, 6) is -1.61. The lowest BCUT2D eigenvalue weighted by Gasteiger charge is -2.16. The number of thioether (sulfide) groups is 1. The number of aromatic nitrogens is 1. The number of nitrogens with two attached hydrogens (primary N) is 1. The number of thiophene rings is 1. The van der Waals surface area contributed by atoms with E-state index >= 15 is 0 Å². The number of ketones is 1. The highest BCUT2D eigenvalue weighted by Gasteiger charge is 2.41. The average molecular weight is 638 g/mol. The Hall–Kier alpha value is -5.50. The lowest BCUT2D eigenvalue weighted by molar-refractivity contribution is -0.121. The van der Waals surface area contributed by atoms with E-state index in [-0.39, 0.29) is 45.4 Å². The van der Waals surface area contributed by atoms with E-state index in [0.29, 0.717) is 28.4 Å². The number of hydrogen-bond donors (Lipinski definition) is 1. The third kappa shape index (κ3) is 6.40. The number of hydrogen-bond acceptors (Lipinski definition) is 12. The van der Waals surface area contributed by atoms with Gasteiger partial charge in [0.1, 0.15) is 34.3 Å². The molecular formula is C32H23N5O6S2. The van der Waals surface area contributed by atoms with Gasteiger partial charge in [-0.2, -0.15) is 10.5 Å². The van der Waals surface area contributed by atoms with E-state index in [0.717, 1.165) is 16.7 Å². The van der Waals surface area contributed by atoms with Crippen molar-refractivity contribution in [2.45, 2.75) is 23.6 Å². The van der Waals surface area contributed by atoms with Crippen molar-refractivity contribution in [3.05, 3.63) is 88.3 Å². The van der Waals surface area contributed by atoms with Crippen LogP contribution in [-0.4, -0.2) is 47.0 Å². The molecule has 224 valence electrons. The first-order chi connectivity index (χ1) is 21.7. The molecule has 1 unspecified atom stereocenters. The number of carbonyl (C=O) groups is 4. The van der Waals surface area contributed by atoms with E-state index in [1.54, 1.807) is 41.8 Å². The average Bonchev–Trinajstić information content (AvgIpc) is 3.67. The van der Waals surface area contributed by atoms with E-state index in [4.69, 9.17) is 15.2 Å². The molecule has 1 aliphatic rings. The van der Waals surface area contributed by atoms with Crippen LogP contribution in [0.3, 0.4) is 0 Å². The van der Waals surface area contributed by atoms with Gasteiger partial charge < -0.3 is 15.2 Å². The molecule has 1 aliphatic heterocycles. The van der Waals surface area contributed by atoms with Crippen LogP contribution < -0.4 is 15.4 Å². The fourth-order valence-corrected chi connectivity index (χ4v) is 6.50. The van der Waals surface area contributed by atoms with Crippen molar-refractivity contribution in [2.24, 2.45) is 0 Å². The quantitative estimate of drug-likeness (QED) is 0.141. The summed E-state index contributed by atoms with van der Waals surface area (Å²) in [4.78, 5) is 57.2. The zero-order valence-electron chi connectivity index (χ0n) is 23.7. The Kier molecular flexibility index (Phi) is 9.23. The van der Waals surface area contributed by atoms with Gasteiger partial charge in [0.2, 0.25) is 11.8 Å². The maximum absolute atomic E-state index is 13.4. The second-order valence-corrected chi connectivity index (χ2v) is 11.6. The number of imide groups is 1. The number of esters is 1. The highest BCUT2D eigenvalue weighted by atomic mass is 32.2. The van der Waals surface area contributed by atoms with Gasteiger partial charge in [0.15, 0.2) is 12.4 Å². The SMILES string of the molecule is CCOc1ccc(C(=O)COC(=O)c2ccc(N3C(=O)CC(Sc4nc(N)c(C#N)c(-c5cccs5)c4C#N)C3=O)cc2)cc1. The zero-order valence-corrected chi connectivity index (χ0v) is 25.3. The number of carbonyl (C=O) groups excluding carboxylic acids is 4. The summed E-state index contributed by atoms with van der Waals surface area (Å²) in [6.07, 6.45) is -0.165. The molecule has 11 nitrogen and oxygen atoms in total. The minimum atomic E-state index is -0.904. The van der Waals surface area contributed by atoms with Crippen molar-refractivity contribution < 1.29 is 28.7 Å². The number of rotatable bonds is 10. The number of amides is 2. The van der Waals surface area contributed by atoms with Crippen LogP contribution in [0.2, 0.25) is 0 Å². The number of nitrogen functional groups attached to an aromatic ring is 1. The van der Waals surface area contributed by atoms with Gasteiger partial charge in [-0.1, -0.05) is 17.8 Å². The van der Waals surface area contributed by atoms with Crippen molar-refractivity contribution >= 4 is 58.2 Å². The Balaban J connectivity index is 1.27. The van der Waals surface area contributed by atoms with Crippen molar-refractivity contribution in [2.75, 3.05) is 23.8 Å². The van der Waals surface area contributed by atoms with Crippen LogP contribution in [0.25, 0.3) is 10.4 Å². The van der Waals surface area contributed by atoms with Crippen molar-refractivity contribution in [1.82, 2.24) is 4.98 Å². The van der Waals surface area contributed by atoms with Crippen LogP contribution in [-0.2, 0) is 14.3 Å². The minimum Gasteiger partial charge on any atom is -0.494 e. The Morgan fingerprint density at radius 3 is 2.36 bits per heavy atom. The Morgan fingerprint density at radius 1 is 1.04 bits per heavy atom. The van der Waals surface area contributed by atoms with Crippen molar-refractivity contribution in [3.8, 4) is 28.3 Å². The number of Topliss-reactive ketones (excluding diaryl/α,β-unsaturated/α-hetero) is 1. The molecule has 0 bridgehead atoms. The van der Waals surface area contributed by atoms with Gasteiger partial charge in [0.25, 0.3) is 0 Å². The highest BCUT2D eigenvalue weighted by molar-refractivity contribution is 8.00. The molecule has 45 heavy (non-hydrogen) atoms. The molecule has 13 heteroatoms. The van der Waals surface area contributed by atoms with Gasteiger partial charge in [-0.15, -0.1) is 11.3 Å². The number of benzene rings is 2. The smallest absolute Gasteiger partial charge is 0.338 e. The summed E-state index contributed by atoms with van der Waals surface area (Å²) < 4.78 is 10.5. The highest BCUT2D eigenvalue weighted by Crippen LogP contribution is 2.41. The summed E-state index contributed by atoms with van der Waals surface area (Å²) in [6.45, 7) is 1.88. The van der Waals surface area contributed by atoms with Gasteiger partial charge in [0.05, 0.1) is 28.7 Å². The van der Waals surface area contributed by atoms with Gasteiger partial charge in [0, 0.05) is 22.4 Å². The number of nitriles is 2. The van der Waals surface area contributed by atoms with E-state index in [2.05, 4.69) is 11.1 Å². The van der Waals surface area contributed by atoms with Crippen LogP contribution in [0, 0.1) is 22.7 Å². The number of pyridine rings is 1. The predicted molar refractivity (Wildman–Crippen MR) is 167 cm³/mol. The van der Waals surface area contributed by atoms with Crippen LogP contribution in [0.5, 0.6) is 5.75 Å². The van der Waals surface area contributed by atoms with Crippen molar-refractivity contribution in [1.29, 1.82) is 10.5 Å². The summed E-state index contributed by atoms with van der Waals surface area (Å²) in [5, 5.41) is 20.7. The van der Waals surface area contributed by atoms with Gasteiger partial charge in [-0.3, -0.25) is 14.4 Å². The van der Waals surface area contributed by atoms with Gasteiger partial charge in [-0.05, 0) is 66.9 Å². The summed E-state index contributed by atoms with van der Waals surface area (Å²) in [6, 6.07) is 19.7. The molecule has 5 rings (SSSR count). The van der Waals surface area contributed by atoms with Crippen LogP contribution in [0.15, 0.2) is 71.1 Å². The second-order valence-electron chi connectivity index (χ2n) is 9.51. The summed E-state index contributed by atoms with van der Waals surface area (Å²) in [7, 11) is 0. The number of anilines is 2. The lowest BCUT2D eigenvalue weighted by atomic mass is 10.0. The molecular weight excluding hydrogens is 615 g/mol. The summed E-state index contributed by atoms with van der Waals surface area (Å²) in [5.41, 5.74) is 7.28. The molecule has 3 heterocycles.